The van der Waals surface area contributed by atoms with Crippen molar-refractivity contribution in [2.75, 3.05) is 20.8 Å². The number of carbonyl (C=O) groups excluding carboxylic acids is 1. The Balaban J connectivity index is 1.83. The van der Waals surface area contributed by atoms with Crippen molar-refractivity contribution in [3.8, 4) is 5.75 Å². The van der Waals surface area contributed by atoms with Crippen LogP contribution in [-0.2, 0) is 11.3 Å². The Morgan fingerprint density at radius 2 is 1.83 bits per heavy atom. The number of ether oxygens (including phenoxy) is 2. The van der Waals surface area contributed by atoms with Gasteiger partial charge in [0.15, 0.2) is 0 Å². The van der Waals surface area contributed by atoms with E-state index in [0.717, 1.165) is 16.9 Å². The van der Waals surface area contributed by atoms with Crippen LogP contribution in [0.5, 0.6) is 5.75 Å². The molecule has 122 valence electrons. The van der Waals surface area contributed by atoms with Crippen LogP contribution in [0.2, 0.25) is 0 Å². The Morgan fingerprint density at radius 3 is 2.52 bits per heavy atom. The lowest BCUT2D eigenvalue weighted by atomic mass is 10.1. The molecule has 0 bridgehead atoms. The second-order valence-corrected chi connectivity index (χ2v) is 5.05. The molecule has 0 saturated carbocycles. The average Bonchev–Trinajstić information content (AvgIpc) is 2.61. The highest BCUT2D eigenvalue weighted by atomic mass is 16.5. The summed E-state index contributed by atoms with van der Waals surface area (Å²) in [4.78, 5) is 11.9. The lowest BCUT2D eigenvalue weighted by Crippen LogP contribution is -2.37. The van der Waals surface area contributed by atoms with Gasteiger partial charge in [-0.1, -0.05) is 42.5 Å². The summed E-state index contributed by atoms with van der Waals surface area (Å²) in [7, 11) is 3.24. The third kappa shape index (κ3) is 5.30. The molecule has 2 aromatic carbocycles. The predicted octanol–water partition coefficient (Wildman–Crippen LogP) is 2.88. The van der Waals surface area contributed by atoms with Gasteiger partial charge < -0.3 is 20.1 Å². The normalized spacial score (nSPS) is 11.6. The van der Waals surface area contributed by atoms with Crippen molar-refractivity contribution in [1.29, 1.82) is 0 Å². The molecular weight excluding hydrogens is 292 g/mol. The maximum Gasteiger partial charge on any atom is 0.315 e. The third-order valence-electron chi connectivity index (χ3n) is 3.49. The van der Waals surface area contributed by atoms with Crippen LogP contribution in [0.3, 0.4) is 0 Å². The van der Waals surface area contributed by atoms with Gasteiger partial charge in [0.25, 0.3) is 0 Å². The molecule has 5 nitrogen and oxygen atoms in total. The van der Waals surface area contributed by atoms with Crippen molar-refractivity contribution in [2.45, 2.75) is 12.6 Å². The maximum absolute atomic E-state index is 11.9. The van der Waals surface area contributed by atoms with Crippen molar-refractivity contribution < 1.29 is 14.3 Å². The molecule has 23 heavy (non-hydrogen) atoms. The van der Waals surface area contributed by atoms with E-state index in [1.165, 1.54) is 0 Å². The van der Waals surface area contributed by atoms with Crippen LogP contribution in [0.25, 0.3) is 0 Å². The van der Waals surface area contributed by atoms with Gasteiger partial charge in [-0.2, -0.15) is 0 Å². The smallest absolute Gasteiger partial charge is 0.315 e. The Hall–Kier alpha value is -2.53. The van der Waals surface area contributed by atoms with E-state index in [2.05, 4.69) is 10.6 Å². The van der Waals surface area contributed by atoms with E-state index in [9.17, 15) is 4.79 Å². The highest BCUT2D eigenvalue weighted by molar-refractivity contribution is 5.73. The molecule has 1 atom stereocenters. The van der Waals surface area contributed by atoms with Crippen molar-refractivity contribution in [3.63, 3.8) is 0 Å². The minimum Gasteiger partial charge on any atom is -0.497 e. The number of rotatable bonds is 7. The molecule has 0 fully saturated rings. The SMILES string of the molecule is COc1cccc(C(CNC(=O)NCc2ccccc2)OC)c1. The highest BCUT2D eigenvalue weighted by Gasteiger charge is 2.12. The van der Waals surface area contributed by atoms with Gasteiger partial charge in [-0.3, -0.25) is 0 Å². The van der Waals surface area contributed by atoms with Gasteiger partial charge >= 0.3 is 6.03 Å². The molecule has 0 aliphatic heterocycles. The van der Waals surface area contributed by atoms with E-state index in [0.29, 0.717) is 13.1 Å². The van der Waals surface area contributed by atoms with E-state index in [1.54, 1.807) is 14.2 Å². The fraction of sp³-hybridized carbons (Fsp3) is 0.278. The van der Waals surface area contributed by atoms with Crippen molar-refractivity contribution in [1.82, 2.24) is 10.6 Å². The van der Waals surface area contributed by atoms with Gasteiger partial charge in [0.05, 0.1) is 13.2 Å². The Bertz CT molecular complexity index is 617. The standard InChI is InChI=1S/C18H22N2O3/c1-22-16-10-6-9-15(11-16)17(23-2)13-20-18(21)19-12-14-7-4-3-5-8-14/h3-11,17H,12-13H2,1-2H3,(H2,19,20,21). The van der Waals surface area contributed by atoms with Gasteiger partial charge in [-0.05, 0) is 23.3 Å². The summed E-state index contributed by atoms with van der Waals surface area (Å²) >= 11 is 0. The number of benzene rings is 2. The first kappa shape index (κ1) is 16.8. The number of carbonyl (C=O) groups is 1. The summed E-state index contributed by atoms with van der Waals surface area (Å²) in [6, 6.07) is 17.2. The number of amides is 2. The summed E-state index contributed by atoms with van der Waals surface area (Å²) in [5.74, 6) is 0.762. The molecular formula is C18H22N2O3. The second kappa shape index (κ2) is 8.80. The number of hydrogen-bond donors (Lipinski definition) is 2. The number of urea groups is 1. The molecule has 0 aliphatic carbocycles. The molecule has 2 aromatic rings. The summed E-state index contributed by atoms with van der Waals surface area (Å²) in [5, 5.41) is 5.65. The average molecular weight is 314 g/mol. The summed E-state index contributed by atoms with van der Waals surface area (Å²) in [6.45, 7) is 0.869. The van der Waals surface area contributed by atoms with Crippen LogP contribution in [0, 0.1) is 0 Å². The van der Waals surface area contributed by atoms with Crippen LogP contribution in [-0.4, -0.2) is 26.8 Å². The summed E-state index contributed by atoms with van der Waals surface area (Å²) in [6.07, 6.45) is -0.229. The molecule has 0 saturated heterocycles. The molecule has 0 radical (unpaired) electrons. The van der Waals surface area contributed by atoms with Crippen LogP contribution < -0.4 is 15.4 Å². The van der Waals surface area contributed by atoms with Gasteiger partial charge in [0, 0.05) is 20.2 Å². The molecule has 0 aliphatic rings. The lowest BCUT2D eigenvalue weighted by molar-refractivity contribution is 0.104. The fourth-order valence-corrected chi connectivity index (χ4v) is 2.21. The quantitative estimate of drug-likeness (QED) is 0.826. The molecule has 0 heterocycles. The molecule has 2 amide bonds. The monoisotopic (exact) mass is 314 g/mol. The van der Waals surface area contributed by atoms with Crippen molar-refractivity contribution >= 4 is 6.03 Å². The van der Waals surface area contributed by atoms with E-state index < -0.39 is 0 Å². The Morgan fingerprint density at radius 1 is 1.04 bits per heavy atom. The second-order valence-electron chi connectivity index (χ2n) is 5.05. The van der Waals surface area contributed by atoms with Crippen LogP contribution in [0.1, 0.15) is 17.2 Å². The minimum atomic E-state index is -0.229. The lowest BCUT2D eigenvalue weighted by Gasteiger charge is -2.17. The first-order chi connectivity index (χ1) is 11.2. The molecule has 0 spiro atoms. The number of nitrogens with one attached hydrogen (secondary N) is 2. The van der Waals surface area contributed by atoms with Gasteiger partial charge in [0.1, 0.15) is 5.75 Å². The zero-order chi connectivity index (χ0) is 16.5. The summed E-state index contributed by atoms with van der Waals surface area (Å²) < 4.78 is 10.7. The fourth-order valence-electron chi connectivity index (χ4n) is 2.21. The minimum absolute atomic E-state index is 0.223. The highest BCUT2D eigenvalue weighted by Crippen LogP contribution is 2.20. The molecule has 5 heteroatoms. The predicted molar refractivity (Wildman–Crippen MR) is 89.4 cm³/mol. The number of hydrogen-bond acceptors (Lipinski definition) is 3. The summed E-state index contributed by atoms with van der Waals surface area (Å²) in [5.41, 5.74) is 2.01. The molecule has 2 N–H and O–H groups in total. The van der Waals surface area contributed by atoms with Gasteiger partial charge in [0.2, 0.25) is 0 Å². The first-order valence-electron chi connectivity index (χ1n) is 7.45. The first-order valence-corrected chi connectivity index (χ1v) is 7.45. The van der Waals surface area contributed by atoms with Crippen LogP contribution in [0.15, 0.2) is 54.6 Å². The molecule has 1 unspecified atom stereocenters. The van der Waals surface area contributed by atoms with Crippen molar-refractivity contribution in [2.24, 2.45) is 0 Å². The Labute approximate surface area is 136 Å². The third-order valence-corrected chi connectivity index (χ3v) is 3.49. The molecule has 2 rings (SSSR count). The topological polar surface area (TPSA) is 59.6 Å². The molecule has 0 aromatic heterocycles. The zero-order valence-electron chi connectivity index (χ0n) is 13.4. The zero-order valence-corrected chi connectivity index (χ0v) is 13.4. The van der Waals surface area contributed by atoms with Crippen molar-refractivity contribution in [3.05, 3.63) is 65.7 Å². The van der Waals surface area contributed by atoms with E-state index in [1.807, 2.05) is 54.6 Å². The van der Waals surface area contributed by atoms with Crippen LogP contribution >= 0.6 is 0 Å². The van der Waals surface area contributed by atoms with Crippen LogP contribution in [0.4, 0.5) is 4.79 Å². The van der Waals surface area contributed by atoms with E-state index in [-0.39, 0.29) is 12.1 Å². The van der Waals surface area contributed by atoms with E-state index in [4.69, 9.17) is 9.47 Å². The van der Waals surface area contributed by atoms with Gasteiger partial charge in [-0.25, -0.2) is 4.79 Å². The number of methoxy groups -OCH3 is 2. The Kier molecular flexibility index (Phi) is 6.44. The maximum atomic E-state index is 11.9. The largest absolute Gasteiger partial charge is 0.497 e. The van der Waals surface area contributed by atoms with Gasteiger partial charge in [-0.15, -0.1) is 0 Å². The van der Waals surface area contributed by atoms with E-state index >= 15 is 0 Å².